The third kappa shape index (κ3) is 5.41. The van der Waals surface area contributed by atoms with Gasteiger partial charge >= 0.3 is 0 Å². The van der Waals surface area contributed by atoms with Crippen molar-refractivity contribution < 1.29 is 9.47 Å². The fourth-order valence-electron chi connectivity index (χ4n) is 3.56. The zero-order valence-electron chi connectivity index (χ0n) is 17.6. The van der Waals surface area contributed by atoms with Crippen molar-refractivity contribution in [2.24, 2.45) is 0 Å². The van der Waals surface area contributed by atoms with Crippen molar-refractivity contribution in [1.29, 1.82) is 0 Å². The summed E-state index contributed by atoms with van der Waals surface area (Å²) in [6.07, 6.45) is 3.03. The molecule has 0 aliphatic heterocycles. The number of aromatic amines is 1. The van der Waals surface area contributed by atoms with Gasteiger partial charge in [0.15, 0.2) is 11.5 Å². The Kier molecular flexibility index (Phi) is 7.63. The lowest BCUT2D eigenvalue weighted by Gasteiger charge is -2.15. The number of fused-ring (bicyclic) bond motifs is 1. The van der Waals surface area contributed by atoms with Gasteiger partial charge < -0.3 is 19.8 Å². The number of ether oxygens (including phenoxy) is 2. The Bertz CT molecular complexity index is 1230. The Hall–Kier alpha value is -2.18. The Labute approximate surface area is 206 Å². The quantitative estimate of drug-likeness (QED) is 0.224. The maximum Gasteiger partial charge on any atom is 0.162 e. The fraction of sp³-hybridized carbons (Fsp3) is 0.200. The highest BCUT2D eigenvalue weighted by atomic mass is 79.9. The minimum Gasteiger partial charge on any atom is -0.493 e. The molecule has 2 N–H and O–H groups in total. The highest BCUT2D eigenvalue weighted by molar-refractivity contribution is 9.10. The molecular weight excluding hydrogens is 511 g/mol. The predicted molar refractivity (Wildman–Crippen MR) is 135 cm³/mol. The van der Waals surface area contributed by atoms with Crippen LogP contribution in [-0.2, 0) is 19.6 Å². The summed E-state index contributed by atoms with van der Waals surface area (Å²) >= 11 is 15.9. The van der Waals surface area contributed by atoms with E-state index in [0.29, 0.717) is 34.7 Å². The molecule has 0 bridgehead atoms. The summed E-state index contributed by atoms with van der Waals surface area (Å²) in [6.45, 7) is 1.90. The zero-order chi connectivity index (χ0) is 22.5. The van der Waals surface area contributed by atoms with Gasteiger partial charge in [-0.05, 0) is 54.4 Å². The molecular formula is C25H23BrCl2N2O2. The van der Waals surface area contributed by atoms with E-state index in [1.54, 1.807) is 19.2 Å². The van der Waals surface area contributed by atoms with Crippen LogP contribution in [0.5, 0.6) is 11.5 Å². The fourth-order valence-corrected chi connectivity index (χ4v) is 4.49. The summed E-state index contributed by atoms with van der Waals surface area (Å²) in [5.74, 6) is 1.32. The van der Waals surface area contributed by atoms with Crippen molar-refractivity contribution in [2.75, 3.05) is 13.7 Å². The Morgan fingerprint density at radius 3 is 2.62 bits per heavy atom. The first kappa shape index (κ1) is 23.0. The first-order valence-corrected chi connectivity index (χ1v) is 11.8. The van der Waals surface area contributed by atoms with Gasteiger partial charge in [0.25, 0.3) is 0 Å². The molecule has 32 heavy (non-hydrogen) atoms. The maximum absolute atomic E-state index is 6.25. The normalized spacial score (nSPS) is 11.1. The zero-order valence-corrected chi connectivity index (χ0v) is 20.7. The lowest BCUT2D eigenvalue weighted by molar-refractivity contribution is 0.284. The first-order valence-electron chi connectivity index (χ1n) is 10.2. The highest BCUT2D eigenvalue weighted by Crippen LogP contribution is 2.34. The van der Waals surface area contributed by atoms with Gasteiger partial charge in [-0.3, -0.25) is 0 Å². The van der Waals surface area contributed by atoms with Crippen molar-refractivity contribution in [3.05, 3.63) is 92.0 Å². The van der Waals surface area contributed by atoms with Crippen molar-refractivity contribution in [1.82, 2.24) is 10.3 Å². The second kappa shape index (κ2) is 10.6. The van der Waals surface area contributed by atoms with E-state index in [0.717, 1.165) is 28.6 Å². The number of halogens is 3. The first-order chi connectivity index (χ1) is 15.5. The molecule has 0 saturated carbocycles. The van der Waals surface area contributed by atoms with Crippen molar-refractivity contribution in [3.63, 3.8) is 0 Å². The van der Waals surface area contributed by atoms with Crippen LogP contribution in [0.2, 0.25) is 10.0 Å². The van der Waals surface area contributed by atoms with Crippen molar-refractivity contribution >= 4 is 50.0 Å². The van der Waals surface area contributed by atoms with Gasteiger partial charge in [0.2, 0.25) is 0 Å². The van der Waals surface area contributed by atoms with Gasteiger partial charge in [0.05, 0.1) is 7.11 Å². The molecule has 0 amide bonds. The molecule has 0 atom stereocenters. The topological polar surface area (TPSA) is 46.3 Å². The molecule has 166 valence electrons. The molecule has 4 nitrogen and oxygen atoms in total. The van der Waals surface area contributed by atoms with E-state index >= 15 is 0 Å². The van der Waals surface area contributed by atoms with Crippen LogP contribution < -0.4 is 14.8 Å². The lowest BCUT2D eigenvalue weighted by Crippen LogP contribution is -2.17. The lowest BCUT2D eigenvalue weighted by atomic mass is 10.1. The van der Waals surface area contributed by atoms with Crippen LogP contribution in [0, 0.1) is 0 Å². The summed E-state index contributed by atoms with van der Waals surface area (Å²) in [6, 6.07) is 17.6. The van der Waals surface area contributed by atoms with Gasteiger partial charge in [-0.15, -0.1) is 0 Å². The van der Waals surface area contributed by atoms with Crippen LogP contribution in [0.1, 0.15) is 16.7 Å². The van der Waals surface area contributed by atoms with Crippen molar-refractivity contribution in [2.45, 2.75) is 19.6 Å². The Morgan fingerprint density at radius 2 is 1.81 bits per heavy atom. The molecule has 4 rings (SSSR count). The Morgan fingerprint density at radius 1 is 0.969 bits per heavy atom. The van der Waals surface area contributed by atoms with Crippen molar-refractivity contribution in [3.8, 4) is 11.5 Å². The van der Waals surface area contributed by atoms with Gasteiger partial charge in [-0.1, -0.05) is 63.4 Å². The van der Waals surface area contributed by atoms with E-state index in [4.69, 9.17) is 32.7 Å². The SMILES string of the molecule is COc1cc(CNCCc2c[nH]c3ccccc23)c(Br)cc1OCc1ccc(Cl)cc1Cl. The molecule has 1 heterocycles. The molecule has 0 unspecified atom stereocenters. The monoisotopic (exact) mass is 532 g/mol. The number of aromatic nitrogens is 1. The molecule has 0 spiro atoms. The van der Waals surface area contributed by atoms with E-state index < -0.39 is 0 Å². The number of benzene rings is 3. The van der Waals surface area contributed by atoms with Gasteiger partial charge in [-0.2, -0.15) is 0 Å². The summed E-state index contributed by atoms with van der Waals surface area (Å²) in [5, 5.41) is 5.97. The largest absolute Gasteiger partial charge is 0.493 e. The van der Waals surface area contributed by atoms with E-state index in [1.807, 2.05) is 24.3 Å². The van der Waals surface area contributed by atoms with Crippen LogP contribution >= 0.6 is 39.1 Å². The summed E-state index contributed by atoms with van der Waals surface area (Å²) < 4.78 is 12.5. The molecule has 1 aromatic heterocycles. The van der Waals surface area contributed by atoms with E-state index in [9.17, 15) is 0 Å². The van der Waals surface area contributed by atoms with E-state index in [1.165, 1.54) is 16.5 Å². The highest BCUT2D eigenvalue weighted by Gasteiger charge is 2.12. The number of nitrogens with one attached hydrogen (secondary N) is 2. The molecule has 0 saturated heterocycles. The second-order valence-electron chi connectivity index (χ2n) is 7.41. The van der Waals surface area contributed by atoms with Crippen LogP contribution in [0.25, 0.3) is 10.9 Å². The molecule has 3 aromatic carbocycles. The maximum atomic E-state index is 6.25. The average molecular weight is 534 g/mol. The van der Waals surface area contributed by atoms with E-state index in [2.05, 4.69) is 50.6 Å². The average Bonchev–Trinajstić information content (AvgIpc) is 3.20. The number of hydrogen-bond donors (Lipinski definition) is 2. The van der Waals surface area contributed by atoms with Gasteiger partial charge in [-0.25, -0.2) is 0 Å². The number of H-pyrrole nitrogens is 1. The predicted octanol–water partition coefficient (Wildman–Crippen LogP) is 7.16. The number of rotatable bonds is 9. The minimum atomic E-state index is 0.320. The van der Waals surface area contributed by atoms with Gasteiger partial charge in [0, 0.05) is 43.7 Å². The molecule has 4 aromatic rings. The van der Waals surface area contributed by atoms with Crippen LogP contribution in [0.15, 0.2) is 65.3 Å². The van der Waals surface area contributed by atoms with E-state index in [-0.39, 0.29) is 0 Å². The summed E-state index contributed by atoms with van der Waals surface area (Å²) in [4.78, 5) is 3.33. The smallest absolute Gasteiger partial charge is 0.162 e. The second-order valence-corrected chi connectivity index (χ2v) is 9.10. The van der Waals surface area contributed by atoms with Gasteiger partial charge in [0.1, 0.15) is 6.61 Å². The number of methoxy groups -OCH3 is 1. The third-order valence-corrected chi connectivity index (χ3v) is 6.62. The molecule has 0 radical (unpaired) electrons. The molecule has 0 fully saturated rings. The van der Waals surface area contributed by atoms with Crippen LogP contribution in [0.3, 0.4) is 0 Å². The third-order valence-electron chi connectivity index (χ3n) is 5.29. The standard InChI is InChI=1S/C25H23BrCl2N2O2/c1-31-24-10-18(13-29-9-8-16-14-30-23-5-3-2-4-20(16)23)21(26)12-25(24)32-15-17-6-7-19(27)11-22(17)28/h2-7,10-12,14,29-30H,8-9,13,15H2,1H3. The molecule has 7 heteroatoms. The number of para-hydroxylation sites is 1. The summed E-state index contributed by atoms with van der Waals surface area (Å²) in [5.41, 5.74) is 4.44. The minimum absolute atomic E-state index is 0.320. The molecule has 0 aliphatic rings. The van der Waals surface area contributed by atoms with Crippen LogP contribution in [0.4, 0.5) is 0 Å². The Balaban J connectivity index is 1.37. The summed E-state index contributed by atoms with van der Waals surface area (Å²) in [7, 11) is 1.64. The number of hydrogen-bond acceptors (Lipinski definition) is 3. The molecule has 0 aliphatic carbocycles. The van der Waals surface area contributed by atoms with Crippen LogP contribution in [-0.4, -0.2) is 18.6 Å².